The molecule has 1 aromatic heterocycles. The van der Waals surface area contributed by atoms with Crippen molar-refractivity contribution < 1.29 is 0 Å². The number of hydrogen-bond donors (Lipinski definition) is 2. The van der Waals surface area contributed by atoms with Gasteiger partial charge < -0.3 is 15.5 Å². The molecule has 1 atom stereocenters. The predicted octanol–water partition coefficient (Wildman–Crippen LogP) is 1.51. The van der Waals surface area contributed by atoms with Gasteiger partial charge in [0.2, 0.25) is 0 Å². The van der Waals surface area contributed by atoms with Crippen molar-refractivity contribution in [1.82, 2.24) is 15.5 Å². The fourth-order valence-electron chi connectivity index (χ4n) is 2.25. The van der Waals surface area contributed by atoms with Crippen LogP contribution in [0.2, 0.25) is 0 Å². The lowest BCUT2D eigenvalue weighted by Crippen LogP contribution is -2.43. The molecule has 0 radical (unpaired) electrons. The highest BCUT2D eigenvalue weighted by Gasteiger charge is 2.20. The van der Waals surface area contributed by atoms with Crippen molar-refractivity contribution in [3.05, 3.63) is 22.4 Å². The van der Waals surface area contributed by atoms with E-state index in [4.69, 9.17) is 0 Å². The standard InChI is InChI=1S/C13H22N4S/c1-14-13(15-8-11-5-7-18-10-11)16-9-12-4-3-6-17(12)2/h5,7,10,12H,3-4,6,8-9H2,1-2H3,(H2,14,15,16). The van der Waals surface area contributed by atoms with Crippen molar-refractivity contribution in [1.29, 1.82) is 0 Å². The lowest BCUT2D eigenvalue weighted by atomic mass is 10.2. The summed E-state index contributed by atoms with van der Waals surface area (Å²) >= 11 is 1.73. The van der Waals surface area contributed by atoms with Crippen molar-refractivity contribution in [3.8, 4) is 0 Å². The topological polar surface area (TPSA) is 39.7 Å². The molecule has 1 saturated heterocycles. The van der Waals surface area contributed by atoms with Crippen LogP contribution in [0.25, 0.3) is 0 Å². The Morgan fingerprint density at radius 2 is 2.44 bits per heavy atom. The van der Waals surface area contributed by atoms with Gasteiger partial charge in [0.25, 0.3) is 0 Å². The van der Waals surface area contributed by atoms with E-state index in [1.807, 2.05) is 7.05 Å². The molecule has 1 aliphatic heterocycles. The number of nitrogens with one attached hydrogen (secondary N) is 2. The number of likely N-dealkylation sites (N-methyl/N-ethyl adjacent to an activating group) is 1. The van der Waals surface area contributed by atoms with E-state index < -0.39 is 0 Å². The second kappa shape index (κ2) is 6.75. The molecule has 1 aliphatic rings. The average Bonchev–Trinajstić information content (AvgIpc) is 3.01. The molecule has 4 nitrogen and oxygen atoms in total. The Morgan fingerprint density at radius 1 is 1.56 bits per heavy atom. The summed E-state index contributed by atoms with van der Waals surface area (Å²) in [5.74, 6) is 0.890. The number of nitrogens with zero attached hydrogens (tertiary/aromatic N) is 2. The van der Waals surface area contributed by atoms with Crippen LogP contribution in [0.3, 0.4) is 0 Å². The average molecular weight is 266 g/mol. The number of guanidine groups is 1. The maximum absolute atomic E-state index is 4.25. The second-order valence-electron chi connectivity index (χ2n) is 4.71. The van der Waals surface area contributed by atoms with Gasteiger partial charge in [0.15, 0.2) is 5.96 Å². The van der Waals surface area contributed by atoms with Crippen molar-refractivity contribution >= 4 is 17.3 Å². The minimum Gasteiger partial charge on any atom is -0.355 e. The quantitative estimate of drug-likeness (QED) is 0.641. The predicted molar refractivity (Wildman–Crippen MR) is 78.2 cm³/mol. The summed E-state index contributed by atoms with van der Waals surface area (Å²) in [6.07, 6.45) is 2.59. The minimum absolute atomic E-state index is 0.643. The number of likely N-dealkylation sites (tertiary alicyclic amines) is 1. The van der Waals surface area contributed by atoms with E-state index in [1.54, 1.807) is 11.3 Å². The van der Waals surface area contributed by atoms with Crippen LogP contribution in [-0.2, 0) is 6.54 Å². The van der Waals surface area contributed by atoms with Gasteiger partial charge in [-0.1, -0.05) is 0 Å². The van der Waals surface area contributed by atoms with Crippen LogP contribution in [-0.4, -0.2) is 44.1 Å². The van der Waals surface area contributed by atoms with Crippen LogP contribution in [0.5, 0.6) is 0 Å². The molecule has 0 aromatic carbocycles. The number of rotatable bonds is 4. The Morgan fingerprint density at radius 3 is 3.06 bits per heavy atom. The third kappa shape index (κ3) is 3.71. The minimum atomic E-state index is 0.643. The first-order valence-electron chi connectivity index (χ1n) is 6.45. The van der Waals surface area contributed by atoms with Crippen LogP contribution in [0.1, 0.15) is 18.4 Å². The molecule has 0 bridgehead atoms. The molecule has 2 heterocycles. The van der Waals surface area contributed by atoms with E-state index in [0.717, 1.165) is 19.0 Å². The highest BCUT2D eigenvalue weighted by atomic mass is 32.1. The molecule has 2 N–H and O–H groups in total. The first-order valence-corrected chi connectivity index (χ1v) is 7.39. The summed E-state index contributed by atoms with van der Waals surface area (Å²) in [6, 6.07) is 2.78. The van der Waals surface area contributed by atoms with E-state index in [9.17, 15) is 0 Å². The number of hydrogen-bond acceptors (Lipinski definition) is 3. The molecule has 2 rings (SSSR count). The van der Waals surface area contributed by atoms with Gasteiger partial charge in [-0.3, -0.25) is 4.99 Å². The summed E-state index contributed by atoms with van der Waals surface area (Å²) in [5, 5.41) is 11.0. The molecule has 1 fully saturated rings. The fourth-order valence-corrected chi connectivity index (χ4v) is 2.92. The SMILES string of the molecule is CN=C(NCc1ccsc1)NCC1CCCN1C. The molecule has 0 amide bonds. The van der Waals surface area contributed by atoms with E-state index in [-0.39, 0.29) is 0 Å². The van der Waals surface area contributed by atoms with Crippen LogP contribution in [0.4, 0.5) is 0 Å². The number of aliphatic imine (C=N–C) groups is 1. The van der Waals surface area contributed by atoms with E-state index >= 15 is 0 Å². The number of thiophene rings is 1. The van der Waals surface area contributed by atoms with E-state index in [0.29, 0.717) is 6.04 Å². The van der Waals surface area contributed by atoms with Crippen molar-refractivity contribution in [2.45, 2.75) is 25.4 Å². The van der Waals surface area contributed by atoms with Crippen LogP contribution in [0.15, 0.2) is 21.8 Å². The molecular weight excluding hydrogens is 244 g/mol. The smallest absolute Gasteiger partial charge is 0.191 e. The van der Waals surface area contributed by atoms with Crippen LogP contribution >= 0.6 is 11.3 Å². The normalized spacial score (nSPS) is 21.2. The Balaban J connectivity index is 1.72. The van der Waals surface area contributed by atoms with Gasteiger partial charge in [-0.05, 0) is 48.8 Å². The van der Waals surface area contributed by atoms with Crippen molar-refractivity contribution in [2.24, 2.45) is 4.99 Å². The highest BCUT2D eigenvalue weighted by Crippen LogP contribution is 2.13. The molecule has 0 saturated carbocycles. The maximum Gasteiger partial charge on any atom is 0.191 e. The highest BCUT2D eigenvalue weighted by molar-refractivity contribution is 7.07. The summed E-state index contributed by atoms with van der Waals surface area (Å²) in [6.45, 7) is 3.02. The van der Waals surface area contributed by atoms with Crippen molar-refractivity contribution in [2.75, 3.05) is 27.2 Å². The second-order valence-corrected chi connectivity index (χ2v) is 5.49. The molecule has 18 heavy (non-hydrogen) atoms. The van der Waals surface area contributed by atoms with Gasteiger partial charge in [-0.2, -0.15) is 11.3 Å². The first-order chi connectivity index (χ1) is 8.79. The van der Waals surface area contributed by atoms with Gasteiger partial charge in [-0.25, -0.2) is 0 Å². The van der Waals surface area contributed by atoms with Gasteiger partial charge in [0.1, 0.15) is 0 Å². The Hall–Kier alpha value is -1.07. The molecule has 1 aromatic rings. The zero-order valence-corrected chi connectivity index (χ0v) is 12.0. The van der Waals surface area contributed by atoms with Crippen molar-refractivity contribution in [3.63, 3.8) is 0 Å². The lowest BCUT2D eigenvalue weighted by molar-refractivity contribution is 0.309. The largest absolute Gasteiger partial charge is 0.355 e. The van der Waals surface area contributed by atoms with Gasteiger partial charge in [0, 0.05) is 26.2 Å². The van der Waals surface area contributed by atoms with Gasteiger partial charge in [0.05, 0.1) is 0 Å². The molecule has 1 unspecified atom stereocenters. The Kier molecular flexibility index (Phi) is 5.01. The Bertz CT molecular complexity index is 374. The first kappa shape index (κ1) is 13.4. The fraction of sp³-hybridized carbons (Fsp3) is 0.615. The third-order valence-electron chi connectivity index (χ3n) is 3.44. The monoisotopic (exact) mass is 266 g/mol. The summed E-state index contributed by atoms with van der Waals surface area (Å²) < 4.78 is 0. The zero-order chi connectivity index (χ0) is 12.8. The molecular formula is C13H22N4S. The van der Waals surface area contributed by atoms with E-state index in [2.05, 4.69) is 44.4 Å². The van der Waals surface area contributed by atoms with Crippen LogP contribution in [0, 0.1) is 0 Å². The molecule has 100 valence electrons. The summed E-state index contributed by atoms with van der Waals surface area (Å²) in [4.78, 5) is 6.67. The maximum atomic E-state index is 4.25. The third-order valence-corrected chi connectivity index (χ3v) is 4.17. The molecule has 0 spiro atoms. The molecule has 5 heteroatoms. The zero-order valence-electron chi connectivity index (χ0n) is 11.1. The lowest BCUT2D eigenvalue weighted by Gasteiger charge is -2.21. The van der Waals surface area contributed by atoms with Gasteiger partial charge in [-0.15, -0.1) is 0 Å². The van der Waals surface area contributed by atoms with Gasteiger partial charge >= 0.3 is 0 Å². The summed E-state index contributed by atoms with van der Waals surface area (Å²) in [7, 11) is 4.02. The van der Waals surface area contributed by atoms with E-state index in [1.165, 1.54) is 24.9 Å². The molecule has 0 aliphatic carbocycles. The van der Waals surface area contributed by atoms with Crippen LogP contribution < -0.4 is 10.6 Å². The summed E-state index contributed by atoms with van der Waals surface area (Å²) in [5.41, 5.74) is 1.31. The Labute approximate surface area is 113 Å².